The molecule has 1 amide bonds. The standard InChI is InChI=1S/C28H32N2O4S/c1-20-12-16-25(17-13-20)35(32,33)30(26-10-6-7-11-27(26)34-3)19-28(31)29-21(2)23-15-14-22-8-4-5-9-24(22)18-23/h6-7,10-18,21H,4-5,8-9,19H2,1-3H3,(H,29,31)/t21-/m1/s1. The van der Waals surface area contributed by atoms with Gasteiger partial charge in [0.1, 0.15) is 12.3 Å². The van der Waals surface area contributed by atoms with Crippen LogP contribution in [0, 0.1) is 6.92 Å². The summed E-state index contributed by atoms with van der Waals surface area (Å²) in [7, 11) is -2.54. The number of carbonyl (C=O) groups excluding carboxylic acids is 1. The summed E-state index contributed by atoms with van der Waals surface area (Å²) in [5.41, 5.74) is 5.00. The van der Waals surface area contributed by atoms with Crippen LogP contribution in [-0.4, -0.2) is 28.0 Å². The molecule has 0 aliphatic heterocycles. The van der Waals surface area contributed by atoms with Gasteiger partial charge in [-0.25, -0.2) is 8.42 Å². The van der Waals surface area contributed by atoms with Crippen LogP contribution in [0.25, 0.3) is 0 Å². The maximum absolute atomic E-state index is 13.7. The molecule has 0 spiro atoms. The molecule has 0 heterocycles. The van der Waals surface area contributed by atoms with Crippen LogP contribution in [0.1, 0.15) is 48.1 Å². The summed E-state index contributed by atoms with van der Waals surface area (Å²) in [4.78, 5) is 13.3. The van der Waals surface area contributed by atoms with E-state index in [2.05, 4.69) is 23.5 Å². The molecule has 35 heavy (non-hydrogen) atoms. The highest BCUT2D eigenvalue weighted by molar-refractivity contribution is 7.92. The zero-order valence-electron chi connectivity index (χ0n) is 20.5. The molecule has 7 heteroatoms. The minimum absolute atomic E-state index is 0.115. The van der Waals surface area contributed by atoms with Crippen LogP contribution in [-0.2, 0) is 27.7 Å². The Bertz CT molecular complexity index is 1300. The number of rotatable bonds is 8. The van der Waals surface area contributed by atoms with Gasteiger partial charge in [-0.15, -0.1) is 0 Å². The highest BCUT2D eigenvalue weighted by atomic mass is 32.2. The van der Waals surface area contributed by atoms with Crippen LogP contribution in [0.4, 0.5) is 5.69 Å². The lowest BCUT2D eigenvalue weighted by Crippen LogP contribution is -2.41. The number of ether oxygens (including phenoxy) is 1. The maximum Gasteiger partial charge on any atom is 0.264 e. The zero-order chi connectivity index (χ0) is 25.0. The largest absolute Gasteiger partial charge is 0.495 e. The lowest BCUT2D eigenvalue weighted by molar-refractivity contribution is -0.120. The normalized spacial score (nSPS) is 14.0. The molecule has 0 saturated carbocycles. The summed E-state index contributed by atoms with van der Waals surface area (Å²) in [5.74, 6) is -0.0180. The van der Waals surface area contributed by atoms with E-state index in [1.54, 1.807) is 48.5 Å². The highest BCUT2D eigenvalue weighted by Crippen LogP contribution is 2.32. The quantitative estimate of drug-likeness (QED) is 0.483. The second kappa shape index (κ2) is 10.5. The van der Waals surface area contributed by atoms with E-state index in [1.165, 1.54) is 31.1 Å². The molecule has 0 fully saturated rings. The molecule has 184 valence electrons. The van der Waals surface area contributed by atoms with Crippen LogP contribution in [0.5, 0.6) is 5.75 Å². The van der Waals surface area contributed by atoms with E-state index in [9.17, 15) is 13.2 Å². The van der Waals surface area contributed by atoms with E-state index >= 15 is 0 Å². The first-order valence-electron chi connectivity index (χ1n) is 11.9. The van der Waals surface area contributed by atoms with Gasteiger partial charge in [0, 0.05) is 0 Å². The predicted octanol–water partition coefficient (Wildman–Crippen LogP) is 4.96. The van der Waals surface area contributed by atoms with Crippen LogP contribution < -0.4 is 14.4 Å². The van der Waals surface area contributed by atoms with Crippen LogP contribution in [0.15, 0.2) is 71.6 Å². The van der Waals surface area contributed by atoms with E-state index in [0.717, 1.165) is 28.3 Å². The van der Waals surface area contributed by atoms with Gasteiger partial charge in [0.05, 0.1) is 23.7 Å². The lowest BCUT2D eigenvalue weighted by atomic mass is 9.89. The van der Waals surface area contributed by atoms with E-state index < -0.39 is 15.9 Å². The minimum atomic E-state index is -4.02. The Morgan fingerprint density at radius 3 is 2.40 bits per heavy atom. The highest BCUT2D eigenvalue weighted by Gasteiger charge is 2.29. The number of amides is 1. The number of hydrogen-bond donors (Lipinski definition) is 1. The molecule has 3 aromatic carbocycles. The monoisotopic (exact) mass is 492 g/mol. The minimum Gasteiger partial charge on any atom is -0.495 e. The summed E-state index contributed by atoms with van der Waals surface area (Å²) in [6.45, 7) is 3.44. The molecule has 1 atom stereocenters. The fraction of sp³-hybridized carbons (Fsp3) is 0.321. The van der Waals surface area contributed by atoms with Gasteiger partial charge in [0.2, 0.25) is 5.91 Å². The summed E-state index contributed by atoms with van der Waals surface area (Å²) in [6, 6.07) is 19.5. The Morgan fingerprint density at radius 2 is 1.69 bits per heavy atom. The second-order valence-electron chi connectivity index (χ2n) is 9.02. The average molecular weight is 493 g/mol. The van der Waals surface area contributed by atoms with Crippen molar-refractivity contribution in [2.75, 3.05) is 18.0 Å². The second-order valence-corrected chi connectivity index (χ2v) is 10.9. The molecule has 1 aliphatic rings. The number of hydrogen-bond acceptors (Lipinski definition) is 4. The first-order chi connectivity index (χ1) is 16.8. The van der Waals surface area contributed by atoms with Gasteiger partial charge in [-0.05, 0) is 80.5 Å². The van der Waals surface area contributed by atoms with E-state index in [-0.39, 0.29) is 17.5 Å². The number of methoxy groups -OCH3 is 1. The fourth-order valence-corrected chi connectivity index (χ4v) is 5.93. The zero-order valence-corrected chi connectivity index (χ0v) is 21.3. The topological polar surface area (TPSA) is 75.7 Å². The first kappa shape index (κ1) is 24.8. The van der Waals surface area contributed by atoms with Crippen LogP contribution >= 0.6 is 0 Å². The van der Waals surface area contributed by atoms with Crippen molar-refractivity contribution in [3.05, 3.63) is 89.0 Å². The molecule has 0 aromatic heterocycles. The van der Waals surface area contributed by atoms with Crippen LogP contribution in [0.3, 0.4) is 0 Å². The van der Waals surface area contributed by atoms with Crippen molar-refractivity contribution in [2.24, 2.45) is 0 Å². The lowest BCUT2D eigenvalue weighted by Gasteiger charge is -2.26. The van der Waals surface area contributed by atoms with Crippen molar-refractivity contribution >= 4 is 21.6 Å². The Labute approximate surface area is 208 Å². The number of nitrogens with zero attached hydrogens (tertiary/aromatic N) is 1. The predicted molar refractivity (Wildman–Crippen MR) is 138 cm³/mol. The van der Waals surface area contributed by atoms with Crippen LogP contribution in [0.2, 0.25) is 0 Å². The van der Waals surface area contributed by atoms with E-state index in [1.807, 2.05) is 13.8 Å². The average Bonchev–Trinajstić information content (AvgIpc) is 2.87. The van der Waals surface area contributed by atoms with Crippen molar-refractivity contribution in [1.29, 1.82) is 0 Å². The molecular weight excluding hydrogens is 460 g/mol. The third-order valence-corrected chi connectivity index (χ3v) is 8.27. The van der Waals surface area contributed by atoms with Gasteiger partial charge >= 0.3 is 0 Å². The number of benzene rings is 3. The van der Waals surface area contributed by atoms with Crippen molar-refractivity contribution in [2.45, 2.75) is 50.5 Å². The van der Waals surface area contributed by atoms with Gasteiger partial charge < -0.3 is 10.1 Å². The fourth-order valence-electron chi connectivity index (χ4n) is 4.50. The molecule has 1 N–H and O–H groups in total. The van der Waals surface area contributed by atoms with E-state index in [0.29, 0.717) is 11.4 Å². The Balaban J connectivity index is 1.60. The Morgan fingerprint density at radius 1 is 1.00 bits per heavy atom. The van der Waals surface area contributed by atoms with Crippen molar-refractivity contribution in [3.8, 4) is 5.75 Å². The summed E-state index contributed by atoms with van der Waals surface area (Å²) in [5, 5.41) is 2.99. The first-order valence-corrected chi connectivity index (χ1v) is 13.4. The Kier molecular flexibility index (Phi) is 7.45. The number of sulfonamides is 1. The molecule has 6 nitrogen and oxygen atoms in total. The SMILES string of the molecule is COc1ccccc1N(CC(=O)N[C@H](C)c1ccc2c(c1)CCCC2)S(=O)(=O)c1ccc(C)cc1. The summed E-state index contributed by atoms with van der Waals surface area (Å²) in [6.07, 6.45) is 4.55. The van der Waals surface area contributed by atoms with Crippen molar-refractivity contribution in [1.82, 2.24) is 5.32 Å². The van der Waals surface area contributed by atoms with Gasteiger partial charge in [0.25, 0.3) is 10.0 Å². The Hall–Kier alpha value is -3.32. The molecule has 4 rings (SSSR count). The third-order valence-electron chi connectivity index (χ3n) is 6.50. The number of para-hydroxylation sites is 2. The van der Waals surface area contributed by atoms with Gasteiger partial charge in [-0.1, -0.05) is 48.0 Å². The van der Waals surface area contributed by atoms with E-state index in [4.69, 9.17) is 4.74 Å². The molecule has 0 bridgehead atoms. The van der Waals surface area contributed by atoms with Crippen molar-refractivity contribution in [3.63, 3.8) is 0 Å². The number of carbonyl (C=O) groups is 1. The van der Waals surface area contributed by atoms with Crippen molar-refractivity contribution < 1.29 is 17.9 Å². The molecule has 1 aliphatic carbocycles. The molecule has 0 saturated heterocycles. The summed E-state index contributed by atoms with van der Waals surface area (Å²) < 4.78 is 33.8. The maximum atomic E-state index is 13.7. The van der Waals surface area contributed by atoms with Gasteiger partial charge in [-0.2, -0.15) is 0 Å². The molecular formula is C28H32N2O4S. The smallest absolute Gasteiger partial charge is 0.264 e. The number of fused-ring (bicyclic) bond motifs is 1. The third kappa shape index (κ3) is 5.51. The molecule has 3 aromatic rings. The number of anilines is 1. The number of aryl methyl sites for hydroxylation is 3. The molecule has 0 unspecified atom stereocenters. The molecule has 0 radical (unpaired) electrons. The van der Waals surface area contributed by atoms with Gasteiger partial charge in [-0.3, -0.25) is 9.10 Å². The summed E-state index contributed by atoms with van der Waals surface area (Å²) >= 11 is 0. The van der Waals surface area contributed by atoms with Gasteiger partial charge in [0.15, 0.2) is 0 Å². The number of nitrogens with one attached hydrogen (secondary N) is 1.